The quantitative estimate of drug-likeness (QED) is 0.548. The van der Waals surface area contributed by atoms with Gasteiger partial charge in [-0.3, -0.25) is 9.69 Å². The molecule has 0 bridgehead atoms. The highest BCUT2D eigenvalue weighted by molar-refractivity contribution is 7.99. The van der Waals surface area contributed by atoms with Crippen LogP contribution in [0.5, 0.6) is 0 Å². The number of nitrogens with zero attached hydrogens (tertiary/aromatic N) is 1. The van der Waals surface area contributed by atoms with Crippen molar-refractivity contribution in [1.29, 1.82) is 0 Å². The number of hydrogen-bond donors (Lipinski definition) is 1. The molecule has 2 unspecified atom stereocenters. The summed E-state index contributed by atoms with van der Waals surface area (Å²) in [4.78, 5) is 13.3. The molecular formula is C17H34N2O3S. The summed E-state index contributed by atoms with van der Waals surface area (Å²) in [5.41, 5.74) is 0. The average molecular weight is 347 g/mol. The van der Waals surface area contributed by atoms with Crippen LogP contribution in [-0.4, -0.2) is 74.4 Å². The molecule has 0 aromatic rings. The Labute approximate surface area is 145 Å². The van der Waals surface area contributed by atoms with E-state index in [4.69, 9.17) is 9.47 Å². The zero-order chi connectivity index (χ0) is 16.9. The van der Waals surface area contributed by atoms with E-state index in [0.29, 0.717) is 6.54 Å². The van der Waals surface area contributed by atoms with Gasteiger partial charge < -0.3 is 14.8 Å². The van der Waals surface area contributed by atoms with E-state index in [0.717, 1.165) is 51.8 Å². The fourth-order valence-electron chi connectivity index (χ4n) is 2.60. The van der Waals surface area contributed by atoms with Gasteiger partial charge in [0.2, 0.25) is 5.91 Å². The molecule has 1 aliphatic heterocycles. The first kappa shape index (κ1) is 20.7. The van der Waals surface area contributed by atoms with E-state index < -0.39 is 0 Å². The lowest BCUT2D eigenvalue weighted by atomic mass is 10.1. The Bertz CT molecular complexity index is 318. The third-order valence-corrected chi connectivity index (χ3v) is 5.16. The standard InChI is InChI=1S/C17H34N2O3S/c1-4-23-14-15(2)6-5-9-21-10-7-19-8-11-22-17(13-19)12-18-16(3)20/h15,17H,4-14H2,1-3H3,(H,18,20). The highest BCUT2D eigenvalue weighted by Crippen LogP contribution is 2.13. The Morgan fingerprint density at radius 2 is 2.30 bits per heavy atom. The number of rotatable bonds is 12. The molecule has 0 radical (unpaired) electrons. The van der Waals surface area contributed by atoms with Crippen LogP contribution in [0.3, 0.4) is 0 Å². The minimum Gasteiger partial charge on any atom is -0.380 e. The molecule has 23 heavy (non-hydrogen) atoms. The molecule has 1 N–H and O–H groups in total. The first-order valence-corrected chi connectivity index (χ1v) is 10.0. The first-order valence-electron chi connectivity index (χ1n) is 8.85. The minimum atomic E-state index is 0.000576. The third-order valence-electron chi connectivity index (χ3n) is 3.95. The van der Waals surface area contributed by atoms with Crippen LogP contribution in [0.15, 0.2) is 0 Å². The normalized spacial score (nSPS) is 20.4. The second-order valence-electron chi connectivity index (χ2n) is 6.25. The van der Waals surface area contributed by atoms with E-state index in [9.17, 15) is 4.79 Å². The van der Waals surface area contributed by atoms with E-state index in [1.165, 1.54) is 24.9 Å². The summed E-state index contributed by atoms with van der Waals surface area (Å²) < 4.78 is 11.4. The fourth-order valence-corrected chi connectivity index (χ4v) is 3.40. The van der Waals surface area contributed by atoms with Crippen molar-refractivity contribution in [3.05, 3.63) is 0 Å². The largest absolute Gasteiger partial charge is 0.380 e. The van der Waals surface area contributed by atoms with Crippen molar-refractivity contribution < 1.29 is 14.3 Å². The van der Waals surface area contributed by atoms with Gasteiger partial charge in [-0.25, -0.2) is 0 Å². The molecule has 5 nitrogen and oxygen atoms in total. The van der Waals surface area contributed by atoms with E-state index in [1.807, 2.05) is 11.8 Å². The second-order valence-corrected chi connectivity index (χ2v) is 7.57. The Balaban J connectivity index is 1.99. The SMILES string of the molecule is CCSCC(C)CCCOCCN1CCOC(CNC(C)=O)C1. The Morgan fingerprint density at radius 3 is 3.04 bits per heavy atom. The predicted molar refractivity (Wildman–Crippen MR) is 97.1 cm³/mol. The summed E-state index contributed by atoms with van der Waals surface area (Å²) >= 11 is 2.02. The number of nitrogens with one attached hydrogen (secondary N) is 1. The molecule has 2 atom stereocenters. The van der Waals surface area contributed by atoms with Gasteiger partial charge in [0.05, 0.1) is 19.3 Å². The van der Waals surface area contributed by atoms with Gasteiger partial charge in [-0.15, -0.1) is 0 Å². The highest BCUT2D eigenvalue weighted by Gasteiger charge is 2.20. The van der Waals surface area contributed by atoms with Crippen molar-refractivity contribution in [3.8, 4) is 0 Å². The molecule has 0 saturated carbocycles. The van der Waals surface area contributed by atoms with Crippen molar-refractivity contribution in [3.63, 3.8) is 0 Å². The van der Waals surface area contributed by atoms with Gasteiger partial charge >= 0.3 is 0 Å². The van der Waals surface area contributed by atoms with E-state index in [-0.39, 0.29) is 12.0 Å². The first-order chi connectivity index (χ1) is 11.1. The van der Waals surface area contributed by atoms with Crippen molar-refractivity contribution in [1.82, 2.24) is 10.2 Å². The van der Waals surface area contributed by atoms with Crippen LogP contribution in [0.1, 0.15) is 33.6 Å². The molecule has 6 heteroatoms. The highest BCUT2D eigenvalue weighted by atomic mass is 32.2. The van der Waals surface area contributed by atoms with Crippen molar-refractivity contribution in [2.24, 2.45) is 5.92 Å². The van der Waals surface area contributed by atoms with Crippen molar-refractivity contribution >= 4 is 17.7 Å². The molecule has 1 fully saturated rings. The number of ether oxygens (including phenoxy) is 2. The summed E-state index contributed by atoms with van der Waals surface area (Å²) in [7, 11) is 0. The van der Waals surface area contributed by atoms with Crippen LogP contribution in [-0.2, 0) is 14.3 Å². The summed E-state index contributed by atoms with van der Waals surface area (Å²) in [6, 6.07) is 0. The molecule has 0 aromatic carbocycles. The van der Waals surface area contributed by atoms with Crippen LogP contribution >= 0.6 is 11.8 Å². The molecule has 1 amide bonds. The topological polar surface area (TPSA) is 50.8 Å². The van der Waals surface area contributed by atoms with Crippen LogP contribution < -0.4 is 5.32 Å². The van der Waals surface area contributed by atoms with Gasteiger partial charge in [0.1, 0.15) is 0 Å². The molecule has 1 aliphatic rings. The maximum Gasteiger partial charge on any atom is 0.216 e. The smallest absolute Gasteiger partial charge is 0.216 e. The molecule has 0 spiro atoms. The number of thioether (sulfide) groups is 1. The maximum atomic E-state index is 10.9. The number of carbonyl (C=O) groups is 1. The molecule has 0 aromatic heterocycles. The summed E-state index contributed by atoms with van der Waals surface area (Å²) in [6.07, 6.45) is 2.51. The number of carbonyl (C=O) groups excluding carboxylic acids is 1. The predicted octanol–water partition coefficient (Wildman–Crippen LogP) is 2.01. The van der Waals surface area contributed by atoms with E-state index in [1.54, 1.807) is 0 Å². The number of morpholine rings is 1. The monoisotopic (exact) mass is 346 g/mol. The van der Waals surface area contributed by atoms with Gasteiger partial charge in [0.25, 0.3) is 0 Å². The van der Waals surface area contributed by atoms with Crippen LogP contribution in [0.2, 0.25) is 0 Å². The van der Waals surface area contributed by atoms with Gasteiger partial charge in [0, 0.05) is 39.7 Å². The van der Waals surface area contributed by atoms with Gasteiger partial charge in [-0.05, 0) is 30.3 Å². The lowest BCUT2D eigenvalue weighted by Crippen LogP contribution is -2.48. The van der Waals surface area contributed by atoms with Gasteiger partial charge in [0.15, 0.2) is 0 Å². The van der Waals surface area contributed by atoms with E-state index >= 15 is 0 Å². The molecule has 1 rings (SSSR count). The fraction of sp³-hybridized carbons (Fsp3) is 0.941. The van der Waals surface area contributed by atoms with Crippen LogP contribution in [0, 0.1) is 5.92 Å². The molecule has 1 saturated heterocycles. The summed E-state index contributed by atoms with van der Waals surface area (Å²) in [5.74, 6) is 3.27. The van der Waals surface area contributed by atoms with Crippen LogP contribution in [0.4, 0.5) is 0 Å². The lowest BCUT2D eigenvalue weighted by Gasteiger charge is -2.32. The Morgan fingerprint density at radius 1 is 1.48 bits per heavy atom. The average Bonchev–Trinajstić information content (AvgIpc) is 2.54. The summed E-state index contributed by atoms with van der Waals surface area (Å²) in [6.45, 7) is 11.8. The molecule has 0 aliphatic carbocycles. The minimum absolute atomic E-state index is 0.000576. The number of amides is 1. The molecule has 136 valence electrons. The molecular weight excluding hydrogens is 312 g/mol. The molecule has 1 heterocycles. The van der Waals surface area contributed by atoms with Gasteiger partial charge in [-0.2, -0.15) is 11.8 Å². The Kier molecular flexibility index (Phi) is 11.8. The number of hydrogen-bond acceptors (Lipinski definition) is 5. The lowest BCUT2D eigenvalue weighted by molar-refractivity contribution is -0.120. The Hall–Kier alpha value is -0.300. The second kappa shape index (κ2) is 13.0. The zero-order valence-electron chi connectivity index (χ0n) is 15.0. The van der Waals surface area contributed by atoms with Crippen molar-refractivity contribution in [2.75, 3.05) is 57.5 Å². The third kappa shape index (κ3) is 11.0. The zero-order valence-corrected chi connectivity index (χ0v) is 15.8. The van der Waals surface area contributed by atoms with Crippen molar-refractivity contribution in [2.45, 2.75) is 39.7 Å². The van der Waals surface area contributed by atoms with Gasteiger partial charge in [-0.1, -0.05) is 13.8 Å². The maximum absolute atomic E-state index is 10.9. The van der Waals surface area contributed by atoms with E-state index in [2.05, 4.69) is 24.1 Å². The summed E-state index contributed by atoms with van der Waals surface area (Å²) in [5, 5.41) is 2.82. The van der Waals surface area contributed by atoms with Crippen LogP contribution in [0.25, 0.3) is 0 Å².